The Kier molecular flexibility index (Phi) is 5.20. The molecule has 1 saturated carbocycles. The topological polar surface area (TPSA) is 67.4 Å². The van der Waals surface area contributed by atoms with E-state index >= 15 is 0 Å². The van der Waals surface area contributed by atoms with Crippen molar-refractivity contribution < 1.29 is 14.3 Å². The van der Waals surface area contributed by atoms with Gasteiger partial charge in [-0.1, -0.05) is 6.07 Å². The highest BCUT2D eigenvalue weighted by Crippen LogP contribution is 2.22. The van der Waals surface area contributed by atoms with Crippen LogP contribution in [0.1, 0.15) is 49.9 Å². The molecule has 2 rings (SSSR count). The first-order valence-corrected chi connectivity index (χ1v) is 7.43. The number of amides is 2. The number of urea groups is 1. The Balaban J connectivity index is 1.96. The molecule has 1 aliphatic carbocycles. The van der Waals surface area contributed by atoms with Crippen molar-refractivity contribution in [3.63, 3.8) is 0 Å². The summed E-state index contributed by atoms with van der Waals surface area (Å²) in [6.07, 6.45) is 4.17. The molecule has 1 aromatic rings. The fourth-order valence-corrected chi connectivity index (χ4v) is 2.38. The lowest BCUT2D eigenvalue weighted by Gasteiger charge is -2.13. The van der Waals surface area contributed by atoms with E-state index < -0.39 is 0 Å². The van der Waals surface area contributed by atoms with E-state index in [0.29, 0.717) is 11.3 Å². The van der Waals surface area contributed by atoms with Gasteiger partial charge in [-0.3, -0.25) is 0 Å². The predicted molar refractivity (Wildman–Crippen MR) is 81.4 cm³/mol. The second kappa shape index (κ2) is 7.11. The van der Waals surface area contributed by atoms with E-state index in [-0.39, 0.29) is 24.1 Å². The Bertz CT molecular complexity index is 508. The Hall–Kier alpha value is -2.04. The number of benzene rings is 1. The van der Waals surface area contributed by atoms with Crippen LogP contribution in [-0.2, 0) is 4.74 Å². The third kappa shape index (κ3) is 4.77. The zero-order valence-electron chi connectivity index (χ0n) is 12.5. The van der Waals surface area contributed by atoms with E-state index in [9.17, 15) is 9.59 Å². The average molecular weight is 290 g/mol. The van der Waals surface area contributed by atoms with E-state index in [0.717, 1.165) is 25.7 Å². The summed E-state index contributed by atoms with van der Waals surface area (Å²) in [7, 11) is 0. The normalized spacial score (nSPS) is 15.0. The molecule has 21 heavy (non-hydrogen) atoms. The number of carbonyl (C=O) groups excluding carboxylic acids is 2. The summed E-state index contributed by atoms with van der Waals surface area (Å²) in [5.74, 6) is -0.324. The number of carbonyl (C=O) groups is 2. The van der Waals surface area contributed by atoms with Gasteiger partial charge in [-0.2, -0.15) is 0 Å². The summed E-state index contributed by atoms with van der Waals surface area (Å²) in [6, 6.07) is 6.58. The van der Waals surface area contributed by atoms with Gasteiger partial charge in [0.25, 0.3) is 0 Å². The standard InChI is InChI=1S/C16H22N2O3/c1-11(2)17-16(20)18-13-7-5-6-12(10-13)15(19)21-14-8-3-4-9-14/h5-7,10-11,14H,3-4,8-9H2,1-2H3,(H2,17,18,20). The van der Waals surface area contributed by atoms with Crippen molar-refractivity contribution >= 4 is 17.7 Å². The zero-order chi connectivity index (χ0) is 15.2. The fraction of sp³-hybridized carbons (Fsp3) is 0.500. The predicted octanol–water partition coefficient (Wildman–Crippen LogP) is 3.32. The van der Waals surface area contributed by atoms with Crippen LogP contribution in [0, 0.1) is 0 Å². The average Bonchev–Trinajstić information content (AvgIpc) is 2.90. The van der Waals surface area contributed by atoms with Crippen LogP contribution in [0.5, 0.6) is 0 Å². The van der Waals surface area contributed by atoms with Gasteiger partial charge in [0.15, 0.2) is 0 Å². The Labute approximate surface area is 125 Å². The summed E-state index contributed by atoms with van der Waals surface area (Å²) in [6.45, 7) is 3.77. The quantitative estimate of drug-likeness (QED) is 0.836. The van der Waals surface area contributed by atoms with Crippen molar-refractivity contribution in [1.82, 2.24) is 5.32 Å². The third-order valence-electron chi connectivity index (χ3n) is 3.35. The molecule has 0 spiro atoms. The highest BCUT2D eigenvalue weighted by atomic mass is 16.5. The molecule has 1 fully saturated rings. The maximum Gasteiger partial charge on any atom is 0.338 e. The number of ether oxygens (including phenoxy) is 1. The van der Waals surface area contributed by atoms with Crippen molar-refractivity contribution in [2.75, 3.05) is 5.32 Å². The summed E-state index contributed by atoms with van der Waals surface area (Å²) < 4.78 is 5.45. The van der Waals surface area contributed by atoms with Gasteiger partial charge in [-0.15, -0.1) is 0 Å². The molecule has 2 N–H and O–H groups in total. The lowest BCUT2D eigenvalue weighted by Crippen LogP contribution is -2.34. The Morgan fingerprint density at radius 2 is 1.95 bits per heavy atom. The maximum absolute atomic E-state index is 12.1. The van der Waals surface area contributed by atoms with Gasteiger partial charge in [0.1, 0.15) is 6.10 Å². The van der Waals surface area contributed by atoms with Crippen molar-refractivity contribution in [3.05, 3.63) is 29.8 Å². The zero-order valence-corrected chi connectivity index (χ0v) is 12.5. The first-order valence-electron chi connectivity index (χ1n) is 7.43. The monoisotopic (exact) mass is 290 g/mol. The lowest BCUT2D eigenvalue weighted by atomic mass is 10.2. The van der Waals surface area contributed by atoms with Gasteiger partial charge in [0.2, 0.25) is 0 Å². The van der Waals surface area contributed by atoms with Crippen LogP contribution < -0.4 is 10.6 Å². The molecule has 0 atom stereocenters. The molecule has 0 bridgehead atoms. The highest BCUT2D eigenvalue weighted by molar-refractivity contribution is 5.94. The molecule has 114 valence electrons. The molecule has 0 heterocycles. The molecule has 1 aliphatic rings. The largest absolute Gasteiger partial charge is 0.459 e. The van der Waals surface area contributed by atoms with Crippen LogP contribution in [-0.4, -0.2) is 24.1 Å². The Morgan fingerprint density at radius 3 is 2.62 bits per heavy atom. The maximum atomic E-state index is 12.1. The van der Waals surface area contributed by atoms with Crippen molar-refractivity contribution in [2.24, 2.45) is 0 Å². The minimum absolute atomic E-state index is 0.0401. The van der Waals surface area contributed by atoms with Gasteiger partial charge in [-0.25, -0.2) is 9.59 Å². The summed E-state index contributed by atoms with van der Waals surface area (Å²) in [5, 5.41) is 5.44. The number of hydrogen-bond donors (Lipinski definition) is 2. The summed E-state index contributed by atoms with van der Waals surface area (Å²) in [5.41, 5.74) is 1.04. The van der Waals surface area contributed by atoms with E-state index in [4.69, 9.17) is 4.74 Å². The van der Waals surface area contributed by atoms with Crippen LogP contribution in [0.3, 0.4) is 0 Å². The van der Waals surface area contributed by atoms with Crippen LogP contribution in [0.4, 0.5) is 10.5 Å². The fourth-order valence-electron chi connectivity index (χ4n) is 2.38. The van der Waals surface area contributed by atoms with Crippen molar-refractivity contribution in [1.29, 1.82) is 0 Å². The number of esters is 1. The number of rotatable bonds is 4. The van der Waals surface area contributed by atoms with Crippen molar-refractivity contribution in [3.8, 4) is 0 Å². The van der Waals surface area contributed by atoms with Gasteiger partial charge in [0, 0.05) is 11.7 Å². The number of hydrogen-bond acceptors (Lipinski definition) is 3. The second-order valence-electron chi connectivity index (χ2n) is 5.65. The molecule has 0 aromatic heterocycles. The second-order valence-corrected chi connectivity index (χ2v) is 5.65. The smallest absolute Gasteiger partial charge is 0.338 e. The molecule has 5 heteroatoms. The Morgan fingerprint density at radius 1 is 1.24 bits per heavy atom. The summed E-state index contributed by atoms with van der Waals surface area (Å²) in [4.78, 5) is 23.7. The van der Waals surface area contributed by atoms with Gasteiger partial charge in [0.05, 0.1) is 5.56 Å². The summed E-state index contributed by atoms with van der Waals surface area (Å²) >= 11 is 0. The van der Waals surface area contributed by atoms with Crippen LogP contribution in [0.2, 0.25) is 0 Å². The number of nitrogens with one attached hydrogen (secondary N) is 2. The molecule has 2 amide bonds. The SMILES string of the molecule is CC(C)NC(=O)Nc1cccc(C(=O)OC2CCCC2)c1. The minimum atomic E-state index is -0.324. The third-order valence-corrected chi connectivity index (χ3v) is 3.35. The molecule has 5 nitrogen and oxygen atoms in total. The molecule has 1 aromatic carbocycles. The minimum Gasteiger partial charge on any atom is -0.459 e. The molecule has 0 aliphatic heterocycles. The van der Waals surface area contributed by atoms with E-state index in [1.54, 1.807) is 24.3 Å². The van der Waals surface area contributed by atoms with Crippen LogP contribution >= 0.6 is 0 Å². The molecule has 0 unspecified atom stereocenters. The molecule has 0 saturated heterocycles. The van der Waals surface area contributed by atoms with Gasteiger partial charge < -0.3 is 15.4 Å². The van der Waals surface area contributed by atoms with Gasteiger partial charge in [-0.05, 0) is 57.7 Å². The van der Waals surface area contributed by atoms with E-state index in [1.807, 2.05) is 13.8 Å². The first-order chi connectivity index (χ1) is 10.0. The van der Waals surface area contributed by atoms with Crippen LogP contribution in [0.15, 0.2) is 24.3 Å². The van der Waals surface area contributed by atoms with Crippen LogP contribution in [0.25, 0.3) is 0 Å². The molecular weight excluding hydrogens is 268 g/mol. The lowest BCUT2D eigenvalue weighted by molar-refractivity contribution is 0.0318. The first kappa shape index (κ1) is 15.4. The van der Waals surface area contributed by atoms with E-state index in [2.05, 4.69) is 10.6 Å². The highest BCUT2D eigenvalue weighted by Gasteiger charge is 2.20. The number of anilines is 1. The van der Waals surface area contributed by atoms with Crippen molar-refractivity contribution in [2.45, 2.75) is 51.7 Å². The molecule has 0 radical (unpaired) electrons. The molecular formula is C16H22N2O3. The van der Waals surface area contributed by atoms with Gasteiger partial charge >= 0.3 is 12.0 Å². The van der Waals surface area contributed by atoms with E-state index in [1.165, 1.54) is 0 Å².